The molecule has 2 fully saturated rings. The molecule has 1 aliphatic heterocycles. The van der Waals surface area contributed by atoms with E-state index in [2.05, 4.69) is 33.4 Å². The molecule has 4 nitrogen and oxygen atoms in total. The fraction of sp³-hybridized carbons (Fsp3) is 0.556. The van der Waals surface area contributed by atoms with Crippen LogP contribution in [0.4, 0.5) is 0 Å². The summed E-state index contributed by atoms with van der Waals surface area (Å²) < 4.78 is 1.08. The Kier molecular flexibility index (Phi) is 5.05. The van der Waals surface area contributed by atoms with Crippen LogP contribution in [0.1, 0.15) is 37.7 Å². The van der Waals surface area contributed by atoms with E-state index < -0.39 is 0 Å². The third-order valence-corrected chi connectivity index (χ3v) is 5.44. The predicted molar refractivity (Wildman–Crippen MR) is 93.0 cm³/mol. The van der Waals surface area contributed by atoms with E-state index in [4.69, 9.17) is 0 Å². The number of piperidine rings is 1. The first kappa shape index (κ1) is 16.5. The fourth-order valence-corrected chi connectivity index (χ4v) is 3.87. The minimum Gasteiger partial charge on any atom is -0.356 e. The number of halogens is 1. The molecule has 5 heteroatoms. The highest BCUT2D eigenvalue weighted by Crippen LogP contribution is 2.49. The number of carbonyl (C=O) groups is 2. The van der Waals surface area contributed by atoms with Gasteiger partial charge in [0.2, 0.25) is 11.8 Å². The van der Waals surface area contributed by atoms with Crippen LogP contribution in [0.15, 0.2) is 28.7 Å². The summed E-state index contributed by atoms with van der Waals surface area (Å²) in [6.45, 7) is 3.94. The minimum absolute atomic E-state index is 0.0263. The lowest BCUT2D eigenvalue weighted by Crippen LogP contribution is -2.42. The third-order valence-electron chi connectivity index (χ3n) is 4.95. The Morgan fingerprint density at radius 2 is 2.04 bits per heavy atom. The number of nitrogens with zero attached hydrogens (tertiary/aromatic N) is 1. The lowest BCUT2D eigenvalue weighted by molar-refractivity contribution is -0.134. The monoisotopic (exact) mass is 378 g/mol. The van der Waals surface area contributed by atoms with Gasteiger partial charge in [0, 0.05) is 36.9 Å². The molecule has 1 saturated carbocycles. The highest BCUT2D eigenvalue weighted by Gasteiger charge is 2.46. The maximum absolute atomic E-state index is 12.6. The molecule has 1 aliphatic carbocycles. The summed E-state index contributed by atoms with van der Waals surface area (Å²) in [6.07, 6.45) is 2.95. The zero-order valence-electron chi connectivity index (χ0n) is 13.4. The topological polar surface area (TPSA) is 49.4 Å². The molecule has 1 aromatic carbocycles. The van der Waals surface area contributed by atoms with Gasteiger partial charge in [0.25, 0.3) is 0 Å². The van der Waals surface area contributed by atoms with Crippen LogP contribution in [-0.2, 0) is 9.59 Å². The van der Waals surface area contributed by atoms with Gasteiger partial charge >= 0.3 is 0 Å². The maximum Gasteiger partial charge on any atom is 0.226 e. The highest BCUT2D eigenvalue weighted by atomic mass is 79.9. The van der Waals surface area contributed by atoms with Gasteiger partial charge in [-0.25, -0.2) is 0 Å². The largest absolute Gasteiger partial charge is 0.356 e. The van der Waals surface area contributed by atoms with Crippen molar-refractivity contribution < 1.29 is 9.59 Å². The van der Waals surface area contributed by atoms with Crippen molar-refractivity contribution in [3.05, 3.63) is 34.3 Å². The number of amides is 2. The molecule has 0 aromatic heterocycles. The van der Waals surface area contributed by atoms with Gasteiger partial charge < -0.3 is 10.2 Å². The summed E-state index contributed by atoms with van der Waals surface area (Å²) in [4.78, 5) is 25.6. The molecule has 0 spiro atoms. The first-order chi connectivity index (χ1) is 11.0. The molecule has 2 aliphatic rings. The van der Waals surface area contributed by atoms with Crippen molar-refractivity contribution in [2.24, 2.45) is 11.8 Å². The van der Waals surface area contributed by atoms with Gasteiger partial charge in [-0.1, -0.05) is 28.1 Å². The summed E-state index contributed by atoms with van der Waals surface area (Å²) in [7, 11) is 0. The van der Waals surface area contributed by atoms with E-state index in [0.29, 0.717) is 17.7 Å². The molecule has 23 heavy (non-hydrogen) atoms. The van der Waals surface area contributed by atoms with Gasteiger partial charge in [0.15, 0.2) is 0 Å². The standard InChI is InChI=1S/C18H23BrN2O2/c1-12(22)20-11-13-5-7-21(8-6-13)18(23)17-10-16(17)14-3-2-4-15(19)9-14/h2-4,9,13,16-17H,5-8,10-11H2,1H3,(H,20,22)/t16-,17-/m1/s1. The molecule has 1 saturated heterocycles. The first-order valence-corrected chi connectivity index (χ1v) is 9.12. The molecule has 1 N–H and O–H groups in total. The van der Waals surface area contributed by atoms with E-state index in [0.717, 1.165) is 43.4 Å². The van der Waals surface area contributed by atoms with Crippen LogP contribution in [0.25, 0.3) is 0 Å². The zero-order chi connectivity index (χ0) is 16.4. The molecule has 2 amide bonds. The number of hydrogen-bond acceptors (Lipinski definition) is 2. The minimum atomic E-state index is 0.0263. The van der Waals surface area contributed by atoms with Crippen LogP contribution in [0.5, 0.6) is 0 Å². The lowest BCUT2D eigenvalue weighted by Gasteiger charge is -2.32. The molecule has 0 unspecified atom stereocenters. The van der Waals surface area contributed by atoms with Crippen molar-refractivity contribution in [3.8, 4) is 0 Å². The van der Waals surface area contributed by atoms with Crippen LogP contribution in [-0.4, -0.2) is 36.3 Å². The summed E-state index contributed by atoms with van der Waals surface area (Å²) in [5.74, 6) is 1.39. The summed E-state index contributed by atoms with van der Waals surface area (Å²) in [5.41, 5.74) is 1.26. The Balaban J connectivity index is 1.48. The number of carbonyl (C=O) groups excluding carboxylic acids is 2. The molecular weight excluding hydrogens is 356 g/mol. The van der Waals surface area contributed by atoms with Crippen LogP contribution in [0.3, 0.4) is 0 Å². The van der Waals surface area contributed by atoms with E-state index in [1.54, 1.807) is 6.92 Å². The Morgan fingerprint density at radius 3 is 2.70 bits per heavy atom. The molecule has 0 radical (unpaired) electrons. The Hall–Kier alpha value is -1.36. The van der Waals surface area contributed by atoms with Crippen LogP contribution in [0.2, 0.25) is 0 Å². The van der Waals surface area contributed by atoms with Crippen molar-refractivity contribution in [1.29, 1.82) is 0 Å². The van der Waals surface area contributed by atoms with Crippen LogP contribution >= 0.6 is 15.9 Å². The average molecular weight is 379 g/mol. The number of benzene rings is 1. The van der Waals surface area contributed by atoms with E-state index in [1.165, 1.54) is 5.56 Å². The fourth-order valence-electron chi connectivity index (χ4n) is 3.45. The molecule has 1 heterocycles. The second-order valence-corrected chi connectivity index (χ2v) is 7.63. The number of likely N-dealkylation sites (tertiary alicyclic amines) is 1. The molecule has 124 valence electrons. The molecule has 0 bridgehead atoms. The van der Waals surface area contributed by atoms with Gasteiger partial charge in [-0.2, -0.15) is 0 Å². The predicted octanol–water partition coefficient (Wildman–Crippen LogP) is 2.93. The number of rotatable bonds is 4. The second-order valence-electron chi connectivity index (χ2n) is 6.71. The van der Waals surface area contributed by atoms with Crippen molar-refractivity contribution in [2.45, 2.75) is 32.1 Å². The Labute approximate surface area is 145 Å². The number of hydrogen-bond donors (Lipinski definition) is 1. The van der Waals surface area contributed by atoms with E-state index in [1.807, 2.05) is 17.0 Å². The van der Waals surface area contributed by atoms with Crippen LogP contribution in [0, 0.1) is 11.8 Å². The Morgan fingerprint density at radius 1 is 1.30 bits per heavy atom. The van der Waals surface area contributed by atoms with Crippen molar-refractivity contribution >= 4 is 27.7 Å². The van der Waals surface area contributed by atoms with E-state index in [9.17, 15) is 9.59 Å². The van der Waals surface area contributed by atoms with E-state index in [-0.39, 0.29) is 11.8 Å². The second kappa shape index (κ2) is 7.04. The van der Waals surface area contributed by atoms with Gasteiger partial charge in [0.1, 0.15) is 0 Å². The van der Waals surface area contributed by atoms with Crippen molar-refractivity contribution in [2.75, 3.05) is 19.6 Å². The average Bonchev–Trinajstić information content (AvgIpc) is 3.33. The first-order valence-electron chi connectivity index (χ1n) is 8.33. The Bertz CT molecular complexity index is 596. The van der Waals surface area contributed by atoms with Crippen molar-refractivity contribution in [1.82, 2.24) is 10.2 Å². The SMILES string of the molecule is CC(=O)NCC1CCN(C(=O)[C@@H]2C[C@@H]2c2cccc(Br)c2)CC1. The van der Waals surface area contributed by atoms with Crippen molar-refractivity contribution in [3.63, 3.8) is 0 Å². The highest BCUT2D eigenvalue weighted by molar-refractivity contribution is 9.10. The van der Waals surface area contributed by atoms with Gasteiger partial charge in [-0.15, -0.1) is 0 Å². The summed E-state index contributed by atoms with van der Waals surface area (Å²) in [5, 5.41) is 2.88. The quantitative estimate of drug-likeness (QED) is 0.875. The van der Waals surface area contributed by atoms with Gasteiger partial charge in [0.05, 0.1) is 0 Å². The summed E-state index contributed by atoms with van der Waals surface area (Å²) in [6, 6.07) is 8.29. The molecule has 2 atom stereocenters. The number of nitrogens with one attached hydrogen (secondary N) is 1. The zero-order valence-corrected chi connectivity index (χ0v) is 15.0. The smallest absolute Gasteiger partial charge is 0.226 e. The van der Waals surface area contributed by atoms with E-state index >= 15 is 0 Å². The van der Waals surface area contributed by atoms with Crippen LogP contribution < -0.4 is 5.32 Å². The van der Waals surface area contributed by atoms with Gasteiger partial charge in [-0.3, -0.25) is 9.59 Å². The summed E-state index contributed by atoms with van der Waals surface area (Å²) >= 11 is 3.50. The third kappa shape index (κ3) is 4.14. The molecule has 3 rings (SSSR count). The lowest BCUT2D eigenvalue weighted by atomic mass is 9.96. The maximum atomic E-state index is 12.6. The van der Waals surface area contributed by atoms with Gasteiger partial charge in [-0.05, 0) is 48.8 Å². The molecule has 1 aromatic rings. The normalized spacial score (nSPS) is 24.3. The molecular formula is C18H23BrN2O2.